The number of amides is 1. The first kappa shape index (κ1) is 11.4. The molecule has 0 spiro atoms. The third-order valence-electron chi connectivity index (χ3n) is 2.39. The molecular formula is C13H14N2O2. The van der Waals surface area contributed by atoms with Gasteiger partial charge in [-0.15, -0.1) is 0 Å². The molecule has 0 bridgehead atoms. The van der Waals surface area contributed by atoms with Crippen molar-refractivity contribution in [3.63, 3.8) is 0 Å². The van der Waals surface area contributed by atoms with Gasteiger partial charge in [-0.2, -0.15) is 0 Å². The van der Waals surface area contributed by atoms with Crippen molar-refractivity contribution in [2.45, 2.75) is 19.8 Å². The van der Waals surface area contributed by atoms with Gasteiger partial charge in [0.2, 0.25) is 11.8 Å². The monoisotopic (exact) mass is 230 g/mol. The second kappa shape index (κ2) is 5.30. The van der Waals surface area contributed by atoms with Gasteiger partial charge in [0.1, 0.15) is 0 Å². The lowest BCUT2D eigenvalue weighted by Gasteiger charge is -2.02. The summed E-state index contributed by atoms with van der Waals surface area (Å²) in [6.45, 7) is 1.96. The molecule has 0 fully saturated rings. The summed E-state index contributed by atoms with van der Waals surface area (Å²) >= 11 is 0. The summed E-state index contributed by atoms with van der Waals surface area (Å²) < 4.78 is 5.05. The van der Waals surface area contributed by atoms with Crippen LogP contribution in [0.25, 0.3) is 11.1 Å². The fourth-order valence-electron chi connectivity index (χ4n) is 1.57. The van der Waals surface area contributed by atoms with Crippen molar-refractivity contribution in [3.8, 4) is 11.1 Å². The Balaban J connectivity index is 2.20. The van der Waals surface area contributed by atoms with Gasteiger partial charge in [-0.25, -0.2) is 0 Å². The highest BCUT2D eigenvalue weighted by atomic mass is 16.5. The Hall–Kier alpha value is -2.10. The van der Waals surface area contributed by atoms with E-state index in [2.05, 4.69) is 10.5 Å². The molecule has 0 aliphatic rings. The molecular weight excluding hydrogens is 216 g/mol. The molecule has 0 unspecified atom stereocenters. The molecule has 2 aromatic rings. The molecule has 1 aromatic carbocycles. The zero-order valence-electron chi connectivity index (χ0n) is 9.64. The Kier molecular flexibility index (Phi) is 3.55. The minimum atomic E-state index is -0.0542. The Morgan fingerprint density at radius 1 is 1.35 bits per heavy atom. The predicted molar refractivity (Wildman–Crippen MR) is 65.5 cm³/mol. The maximum atomic E-state index is 11.5. The molecule has 88 valence electrons. The summed E-state index contributed by atoms with van der Waals surface area (Å²) in [5.74, 6) is 0.357. The van der Waals surface area contributed by atoms with Gasteiger partial charge in [-0.05, 0) is 12.0 Å². The minimum absolute atomic E-state index is 0.0542. The number of aromatic nitrogens is 1. The van der Waals surface area contributed by atoms with Crippen molar-refractivity contribution in [2.24, 2.45) is 0 Å². The molecule has 1 aromatic heterocycles. The number of hydrogen-bond acceptors (Lipinski definition) is 3. The molecule has 4 heteroatoms. The van der Waals surface area contributed by atoms with Crippen molar-refractivity contribution in [1.29, 1.82) is 0 Å². The lowest BCUT2D eigenvalue weighted by Crippen LogP contribution is -2.10. The number of nitrogens with zero attached hydrogens (tertiary/aromatic N) is 1. The summed E-state index contributed by atoms with van der Waals surface area (Å²) in [6, 6.07) is 9.69. The summed E-state index contributed by atoms with van der Waals surface area (Å²) in [7, 11) is 0. The second-order valence-corrected chi connectivity index (χ2v) is 3.73. The third-order valence-corrected chi connectivity index (χ3v) is 2.39. The molecule has 0 radical (unpaired) electrons. The summed E-state index contributed by atoms with van der Waals surface area (Å²) in [6.07, 6.45) is 2.90. The summed E-state index contributed by atoms with van der Waals surface area (Å²) in [4.78, 5) is 11.5. The fourth-order valence-corrected chi connectivity index (χ4v) is 1.57. The summed E-state index contributed by atoms with van der Waals surface area (Å²) in [5.41, 5.74) is 1.77. The van der Waals surface area contributed by atoms with Gasteiger partial charge in [0, 0.05) is 6.42 Å². The molecule has 0 atom stereocenters. The van der Waals surface area contributed by atoms with Crippen molar-refractivity contribution < 1.29 is 9.32 Å². The maximum Gasteiger partial charge on any atom is 0.239 e. The number of carbonyl (C=O) groups excluding carboxylic acids is 1. The lowest BCUT2D eigenvalue weighted by atomic mass is 10.1. The smallest absolute Gasteiger partial charge is 0.239 e. The molecule has 2 rings (SSSR count). The van der Waals surface area contributed by atoms with Crippen molar-refractivity contribution in [2.75, 3.05) is 5.32 Å². The van der Waals surface area contributed by atoms with Crippen LogP contribution in [-0.2, 0) is 4.79 Å². The first-order chi connectivity index (χ1) is 8.31. The van der Waals surface area contributed by atoms with E-state index < -0.39 is 0 Å². The van der Waals surface area contributed by atoms with Gasteiger partial charge in [0.25, 0.3) is 0 Å². The Bertz CT molecular complexity index is 491. The van der Waals surface area contributed by atoms with E-state index in [4.69, 9.17) is 4.52 Å². The molecule has 1 heterocycles. The average molecular weight is 230 g/mol. The van der Waals surface area contributed by atoms with Crippen LogP contribution in [0.4, 0.5) is 5.88 Å². The van der Waals surface area contributed by atoms with Crippen LogP contribution in [0.15, 0.2) is 41.1 Å². The predicted octanol–water partition coefficient (Wildman–Crippen LogP) is 3.08. The van der Waals surface area contributed by atoms with Crippen LogP contribution in [0.2, 0.25) is 0 Å². The van der Waals surface area contributed by atoms with Crippen molar-refractivity contribution in [3.05, 3.63) is 36.5 Å². The summed E-state index contributed by atoms with van der Waals surface area (Å²) in [5, 5.41) is 6.44. The minimum Gasteiger partial charge on any atom is -0.338 e. The molecule has 17 heavy (non-hydrogen) atoms. The average Bonchev–Trinajstić information content (AvgIpc) is 2.78. The van der Waals surface area contributed by atoms with E-state index in [-0.39, 0.29) is 5.91 Å². The molecule has 0 saturated heterocycles. The maximum absolute atomic E-state index is 11.5. The van der Waals surface area contributed by atoms with Crippen LogP contribution in [0.1, 0.15) is 19.8 Å². The van der Waals surface area contributed by atoms with E-state index in [0.717, 1.165) is 17.5 Å². The fraction of sp³-hybridized carbons (Fsp3) is 0.231. The SMILES string of the molecule is CCCC(=O)Nc1oncc1-c1ccccc1. The van der Waals surface area contributed by atoms with Gasteiger partial charge in [0.15, 0.2) is 0 Å². The van der Waals surface area contributed by atoms with Crippen molar-refractivity contribution in [1.82, 2.24) is 5.16 Å². The lowest BCUT2D eigenvalue weighted by molar-refractivity contribution is -0.116. The van der Waals surface area contributed by atoms with Gasteiger partial charge in [-0.1, -0.05) is 42.4 Å². The quantitative estimate of drug-likeness (QED) is 0.878. The number of anilines is 1. The van der Waals surface area contributed by atoms with Crippen LogP contribution >= 0.6 is 0 Å². The molecule has 0 aliphatic heterocycles. The zero-order chi connectivity index (χ0) is 12.1. The number of carbonyl (C=O) groups is 1. The Labute approximate surface area is 99.6 Å². The van der Waals surface area contributed by atoms with Crippen LogP contribution in [0, 0.1) is 0 Å². The Morgan fingerprint density at radius 3 is 2.82 bits per heavy atom. The van der Waals surface area contributed by atoms with Crippen LogP contribution in [0.3, 0.4) is 0 Å². The zero-order valence-corrected chi connectivity index (χ0v) is 9.64. The third kappa shape index (κ3) is 2.72. The van der Waals surface area contributed by atoms with Gasteiger partial charge < -0.3 is 4.52 Å². The number of nitrogens with one attached hydrogen (secondary N) is 1. The first-order valence-corrected chi connectivity index (χ1v) is 5.61. The number of hydrogen-bond donors (Lipinski definition) is 1. The molecule has 4 nitrogen and oxygen atoms in total. The van der Waals surface area contributed by atoms with Crippen LogP contribution in [-0.4, -0.2) is 11.1 Å². The molecule has 0 aliphatic carbocycles. The topological polar surface area (TPSA) is 55.1 Å². The van der Waals surface area contributed by atoms with Crippen molar-refractivity contribution >= 4 is 11.8 Å². The molecule has 1 N–H and O–H groups in total. The second-order valence-electron chi connectivity index (χ2n) is 3.73. The van der Waals surface area contributed by atoms with Gasteiger partial charge in [0.05, 0.1) is 11.8 Å². The van der Waals surface area contributed by atoms with Crippen LogP contribution < -0.4 is 5.32 Å². The van der Waals surface area contributed by atoms with E-state index in [1.54, 1.807) is 6.20 Å². The van der Waals surface area contributed by atoms with E-state index >= 15 is 0 Å². The molecule has 1 amide bonds. The van der Waals surface area contributed by atoms with Crippen LogP contribution in [0.5, 0.6) is 0 Å². The van der Waals surface area contributed by atoms with Gasteiger partial charge in [-0.3, -0.25) is 10.1 Å². The highest BCUT2D eigenvalue weighted by Crippen LogP contribution is 2.27. The van der Waals surface area contributed by atoms with E-state index in [0.29, 0.717) is 12.3 Å². The van der Waals surface area contributed by atoms with E-state index in [1.807, 2.05) is 37.3 Å². The standard InChI is InChI=1S/C13H14N2O2/c1-2-6-12(16)15-13-11(9-14-17-13)10-7-4-3-5-8-10/h3-5,7-9H,2,6H2,1H3,(H,15,16). The highest BCUT2D eigenvalue weighted by molar-refractivity contribution is 5.93. The van der Waals surface area contributed by atoms with E-state index in [9.17, 15) is 4.79 Å². The normalized spacial score (nSPS) is 10.2. The van der Waals surface area contributed by atoms with E-state index in [1.165, 1.54) is 0 Å². The number of rotatable bonds is 4. The first-order valence-electron chi connectivity index (χ1n) is 5.61. The molecule has 0 saturated carbocycles. The Morgan fingerprint density at radius 2 is 2.12 bits per heavy atom. The highest BCUT2D eigenvalue weighted by Gasteiger charge is 2.12. The number of benzene rings is 1. The van der Waals surface area contributed by atoms with Gasteiger partial charge >= 0.3 is 0 Å². The largest absolute Gasteiger partial charge is 0.338 e.